The fraction of sp³-hybridized carbons (Fsp3) is 0.250. The van der Waals surface area contributed by atoms with Crippen LogP contribution in [0.25, 0.3) is 5.69 Å². The van der Waals surface area contributed by atoms with E-state index in [2.05, 4.69) is 20.4 Å². The topological polar surface area (TPSA) is 123 Å². The van der Waals surface area contributed by atoms with Crippen molar-refractivity contribution in [1.29, 1.82) is 0 Å². The highest BCUT2D eigenvalue weighted by molar-refractivity contribution is 6.32. The third-order valence-electron chi connectivity index (χ3n) is 3.93. The lowest BCUT2D eigenvalue weighted by Crippen LogP contribution is -2.41. The molecule has 0 saturated heterocycles. The summed E-state index contributed by atoms with van der Waals surface area (Å²) in [4.78, 5) is 41.0. The zero-order valence-electron chi connectivity index (χ0n) is 16.1. The van der Waals surface area contributed by atoms with Gasteiger partial charge in [0.15, 0.2) is 6.61 Å². The summed E-state index contributed by atoms with van der Waals surface area (Å²) in [5, 5.41) is 9.93. The Balaban J connectivity index is 2.03. The average molecular weight is 479 g/mol. The second kappa shape index (κ2) is 8.41. The molecule has 2 heterocycles. The van der Waals surface area contributed by atoms with Gasteiger partial charge in [-0.15, -0.1) is 5.10 Å². The number of hydrogen-bond donors (Lipinski definition) is 0. The van der Waals surface area contributed by atoms with Gasteiger partial charge in [0.05, 0.1) is 10.7 Å². The molecule has 170 valence electrons. The van der Waals surface area contributed by atoms with Crippen molar-refractivity contribution >= 4 is 17.6 Å². The predicted octanol–water partition coefficient (Wildman–Crippen LogP) is 0.888. The molecule has 1 aromatic carbocycles. The van der Waals surface area contributed by atoms with Crippen molar-refractivity contribution < 1.29 is 31.9 Å². The Kier molecular flexibility index (Phi) is 6.03. The Morgan fingerprint density at radius 1 is 1.22 bits per heavy atom. The Hall–Kier alpha value is -3.75. The molecule has 16 heteroatoms. The first-order valence-electron chi connectivity index (χ1n) is 8.38. The van der Waals surface area contributed by atoms with E-state index in [4.69, 9.17) is 16.3 Å². The minimum absolute atomic E-state index is 0.107. The van der Waals surface area contributed by atoms with E-state index in [1.165, 1.54) is 0 Å². The third-order valence-corrected chi connectivity index (χ3v) is 4.22. The highest BCUT2D eigenvalue weighted by Crippen LogP contribution is 2.30. The number of rotatable bonds is 5. The van der Waals surface area contributed by atoms with Crippen LogP contribution in [0.15, 0.2) is 27.8 Å². The maximum atomic E-state index is 14.5. The van der Waals surface area contributed by atoms with Crippen molar-refractivity contribution in [3.8, 4) is 11.4 Å². The molecule has 0 aliphatic rings. The monoisotopic (exact) mass is 478 g/mol. The number of benzene rings is 1. The van der Waals surface area contributed by atoms with Gasteiger partial charge in [-0.25, -0.2) is 18.5 Å². The van der Waals surface area contributed by atoms with Gasteiger partial charge in [0.1, 0.15) is 17.3 Å². The van der Waals surface area contributed by atoms with E-state index in [1.54, 1.807) is 0 Å². The number of nitrogens with zero attached hydrogens (tertiary/aromatic N) is 6. The van der Waals surface area contributed by atoms with E-state index >= 15 is 0 Å². The molecule has 3 rings (SSSR count). The number of ether oxygens (including phenoxy) is 1. The highest BCUT2D eigenvalue weighted by atomic mass is 35.5. The smallest absolute Gasteiger partial charge is 0.431 e. The molecule has 0 unspecified atom stereocenters. The number of carbonyl (C=O) groups excluding carboxylic acids is 1. The molecular weight excluding hydrogens is 468 g/mol. The van der Waals surface area contributed by atoms with Crippen molar-refractivity contribution in [2.24, 2.45) is 7.05 Å². The van der Waals surface area contributed by atoms with Crippen molar-refractivity contribution in [3.05, 3.63) is 61.4 Å². The molecule has 2 aromatic heterocycles. The number of halogens is 5. The second-order valence-electron chi connectivity index (χ2n) is 6.12. The Morgan fingerprint density at radius 2 is 1.91 bits per heavy atom. The first-order chi connectivity index (χ1) is 14.9. The van der Waals surface area contributed by atoms with Crippen LogP contribution < -0.4 is 20.8 Å². The molecule has 0 N–H and O–H groups in total. The average Bonchev–Trinajstić information content (AvgIpc) is 3.10. The van der Waals surface area contributed by atoms with Crippen molar-refractivity contribution in [1.82, 2.24) is 29.5 Å². The maximum absolute atomic E-state index is 14.5. The largest absolute Gasteiger partial charge is 0.484 e. The van der Waals surface area contributed by atoms with Crippen LogP contribution in [0.1, 0.15) is 18.4 Å². The van der Waals surface area contributed by atoms with E-state index in [9.17, 15) is 31.9 Å². The van der Waals surface area contributed by atoms with Crippen LogP contribution in [0.2, 0.25) is 5.02 Å². The molecule has 0 saturated carbocycles. The summed E-state index contributed by atoms with van der Waals surface area (Å²) in [7, 11) is 0.779. The number of hydrogen-bond acceptors (Lipinski definition) is 8. The Bertz CT molecular complexity index is 1320. The molecule has 0 fully saturated rings. The molecule has 0 aliphatic carbocycles. The van der Waals surface area contributed by atoms with Gasteiger partial charge in [0.25, 0.3) is 5.56 Å². The molecule has 0 atom stereocenters. The van der Waals surface area contributed by atoms with Crippen molar-refractivity contribution in [2.75, 3.05) is 0 Å². The van der Waals surface area contributed by atoms with E-state index in [0.29, 0.717) is 10.9 Å². The van der Waals surface area contributed by atoms with Gasteiger partial charge in [-0.05, 0) is 21.3 Å². The van der Waals surface area contributed by atoms with Gasteiger partial charge in [-0.3, -0.25) is 9.36 Å². The third kappa shape index (κ3) is 4.46. The van der Waals surface area contributed by atoms with E-state index in [0.717, 1.165) is 20.0 Å². The minimum atomic E-state index is -4.98. The number of carbonyl (C=O) groups is 1. The Morgan fingerprint density at radius 3 is 2.53 bits per heavy atom. The van der Waals surface area contributed by atoms with Crippen molar-refractivity contribution in [3.63, 3.8) is 0 Å². The van der Waals surface area contributed by atoms with Gasteiger partial charge < -0.3 is 9.57 Å². The molecule has 0 spiro atoms. The number of aromatic nitrogens is 6. The molecule has 11 nitrogen and oxygen atoms in total. The van der Waals surface area contributed by atoms with E-state index < -0.39 is 47.2 Å². The SMILES string of the molecule is CC(=O)On1nnnc1COc1cc(-n2c(=O)cc(C(F)(F)F)n(C)c2=O)c(F)cc1Cl. The molecule has 0 radical (unpaired) electrons. The van der Waals surface area contributed by atoms with Crippen LogP contribution >= 0.6 is 11.6 Å². The number of alkyl halides is 3. The van der Waals surface area contributed by atoms with E-state index in [-0.39, 0.29) is 31.8 Å². The summed E-state index contributed by atoms with van der Waals surface area (Å²) < 4.78 is 59.2. The van der Waals surface area contributed by atoms with Crippen LogP contribution in [-0.4, -0.2) is 35.5 Å². The normalized spacial score (nSPS) is 11.5. The van der Waals surface area contributed by atoms with Gasteiger partial charge in [0.2, 0.25) is 5.82 Å². The minimum Gasteiger partial charge on any atom is -0.484 e. The predicted molar refractivity (Wildman–Crippen MR) is 96.7 cm³/mol. The zero-order chi connectivity index (χ0) is 23.8. The lowest BCUT2D eigenvalue weighted by atomic mass is 10.2. The van der Waals surface area contributed by atoms with Gasteiger partial charge >= 0.3 is 17.8 Å². The number of tetrazole rings is 1. The molecule has 3 aromatic rings. The van der Waals surface area contributed by atoms with Crippen LogP contribution in [0.4, 0.5) is 17.6 Å². The Labute approximate surface area is 179 Å². The van der Waals surface area contributed by atoms with Gasteiger partial charge in [0, 0.05) is 26.1 Å². The fourth-order valence-corrected chi connectivity index (χ4v) is 2.74. The summed E-state index contributed by atoms with van der Waals surface area (Å²) in [6.07, 6.45) is -4.98. The highest BCUT2D eigenvalue weighted by Gasteiger charge is 2.35. The maximum Gasteiger partial charge on any atom is 0.431 e. The molecule has 0 aliphatic heterocycles. The first-order valence-corrected chi connectivity index (χ1v) is 8.76. The fourth-order valence-electron chi connectivity index (χ4n) is 2.54. The summed E-state index contributed by atoms with van der Waals surface area (Å²) in [5.74, 6) is -2.29. The summed E-state index contributed by atoms with van der Waals surface area (Å²) in [6, 6.07) is 1.70. The standard InChI is InChI=1S/C16H11ClF4N6O5/c1-7(28)32-27-13(22-23-24-27)6-31-11-4-10(9(18)3-8(11)17)26-14(29)5-12(16(19,20)21)25(2)15(26)30/h3-5H,6H2,1-2H3. The molecular formula is C16H11ClF4N6O5. The lowest BCUT2D eigenvalue weighted by molar-refractivity contribution is -0.144. The van der Waals surface area contributed by atoms with E-state index in [1.807, 2.05) is 0 Å². The van der Waals surface area contributed by atoms with Gasteiger partial charge in [-0.2, -0.15) is 13.2 Å². The van der Waals surface area contributed by atoms with Crippen molar-refractivity contribution in [2.45, 2.75) is 19.7 Å². The summed E-state index contributed by atoms with van der Waals surface area (Å²) in [5.41, 5.74) is -5.09. The molecule has 0 amide bonds. The van der Waals surface area contributed by atoms with Crippen LogP contribution in [0.5, 0.6) is 5.75 Å². The second-order valence-corrected chi connectivity index (χ2v) is 6.52. The lowest BCUT2D eigenvalue weighted by Gasteiger charge is -2.15. The zero-order valence-corrected chi connectivity index (χ0v) is 16.8. The van der Waals surface area contributed by atoms with Crippen LogP contribution in [-0.2, 0) is 24.6 Å². The first kappa shape index (κ1) is 22.9. The molecule has 32 heavy (non-hydrogen) atoms. The molecule has 0 bridgehead atoms. The van der Waals surface area contributed by atoms with Gasteiger partial charge in [-0.1, -0.05) is 11.6 Å². The quantitative estimate of drug-likeness (QED) is 0.391. The van der Waals surface area contributed by atoms with Crippen LogP contribution in [0, 0.1) is 5.82 Å². The summed E-state index contributed by atoms with van der Waals surface area (Å²) >= 11 is 5.92. The van der Waals surface area contributed by atoms with Crippen LogP contribution in [0.3, 0.4) is 0 Å². The summed E-state index contributed by atoms with van der Waals surface area (Å²) in [6.45, 7) is 0.642.